The molecule has 0 amide bonds. The Kier molecular flexibility index (Phi) is 4.41. The Bertz CT molecular complexity index is 118. The molecule has 1 unspecified atom stereocenters. The molecule has 0 heterocycles. The molecule has 0 bridgehead atoms. The minimum atomic E-state index is 0. The van der Waals surface area contributed by atoms with Crippen LogP contribution in [0.2, 0.25) is 0 Å². The van der Waals surface area contributed by atoms with E-state index in [1.165, 1.54) is 24.8 Å². The van der Waals surface area contributed by atoms with Crippen molar-refractivity contribution in [1.29, 1.82) is 0 Å². The average Bonchev–Trinajstić information content (AvgIpc) is 2.14. The summed E-state index contributed by atoms with van der Waals surface area (Å²) in [7, 11) is 0. The Morgan fingerprint density at radius 3 is 2.40 bits per heavy atom. The van der Waals surface area contributed by atoms with E-state index in [1.807, 2.05) is 0 Å². The fourth-order valence-electron chi connectivity index (χ4n) is 1.47. The van der Waals surface area contributed by atoms with E-state index in [4.69, 9.17) is 0 Å². The molecule has 52 valence electrons. The van der Waals surface area contributed by atoms with Gasteiger partial charge in [-0.2, -0.15) is 19.8 Å². The number of hydrogen-bond acceptors (Lipinski definition) is 0. The Morgan fingerprint density at radius 1 is 1.60 bits per heavy atom. The Labute approximate surface area is 76.3 Å². The Hall–Kier alpha value is 0.337. The first-order valence-electron chi connectivity index (χ1n) is 3.67. The largest absolute Gasteiger partial charge is 1.00 e. The molecule has 0 spiro atoms. The predicted molar refractivity (Wildman–Crippen MR) is 41.1 cm³/mol. The molecular weight excluding hydrogens is 115 g/mol. The Balaban J connectivity index is 0.000000810. The first kappa shape index (κ1) is 10.3. The maximum absolute atomic E-state index is 3.96. The third-order valence-corrected chi connectivity index (χ3v) is 2.21. The van der Waals surface area contributed by atoms with Gasteiger partial charge in [0.15, 0.2) is 0 Å². The van der Waals surface area contributed by atoms with Crippen LogP contribution in [0.5, 0.6) is 0 Å². The van der Waals surface area contributed by atoms with E-state index < -0.39 is 0 Å². The van der Waals surface area contributed by atoms with Gasteiger partial charge in [0, 0.05) is 0 Å². The zero-order valence-corrected chi connectivity index (χ0v) is 7.41. The van der Waals surface area contributed by atoms with Crippen LogP contribution in [0.4, 0.5) is 0 Å². The minimum Gasteiger partial charge on any atom is -0.316 e. The van der Waals surface area contributed by atoms with Crippen LogP contribution in [0.3, 0.4) is 0 Å². The van der Waals surface area contributed by atoms with Crippen LogP contribution >= 0.6 is 0 Å². The minimum absolute atomic E-state index is 0. The quantitative estimate of drug-likeness (QED) is 0.265. The molecule has 0 aromatic heterocycles. The van der Waals surface area contributed by atoms with Crippen molar-refractivity contribution >= 4 is 0 Å². The standard InChI is InChI=1S/C9H15.Li/c1-7(2)9-5-4-8(3)6-9;/h9H,1,4-6H2,2-3H3;/q-1;+1. The van der Waals surface area contributed by atoms with Gasteiger partial charge in [-0.1, -0.05) is 24.5 Å². The molecule has 0 nitrogen and oxygen atoms in total. The van der Waals surface area contributed by atoms with E-state index in [1.54, 1.807) is 5.92 Å². The zero-order valence-electron chi connectivity index (χ0n) is 7.41. The van der Waals surface area contributed by atoms with E-state index in [2.05, 4.69) is 20.4 Å². The third-order valence-electron chi connectivity index (χ3n) is 2.21. The number of rotatable bonds is 1. The first-order chi connectivity index (χ1) is 4.20. The molecule has 1 heteroatoms. The van der Waals surface area contributed by atoms with Gasteiger partial charge in [0.1, 0.15) is 0 Å². The smallest absolute Gasteiger partial charge is 0.316 e. The fourth-order valence-corrected chi connectivity index (χ4v) is 1.47. The van der Waals surface area contributed by atoms with E-state index in [0.717, 1.165) is 5.92 Å². The van der Waals surface area contributed by atoms with Crippen LogP contribution < -0.4 is 18.9 Å². The molecule has 0 radical (unpaired) electrons. The van der Waals surface area contributed by atoms with Gasteiger partial charge in [-0.3, -0.25) is 0 Å². The van der Waals surface area contributed by atoms with Crippen LogP contribution in [0.25, 0.3) is 0 Å². The summed E-state index contributed by atoms with van der Waals surface area (Å²) >= 11 is 0. The van der Waals surface area contributed by atoms with Crippen molar-refractivity contribution in [3.63, 3.8) is 0 Å². The second-order valence-electron chi connectivity index (χ2n) is 3.24. The molecule has 1 saturated carbocycles. The predicted octanol–water partition coefficient (Wildman–Crippen LogP) is -0.0390. The molecule has 0 aromatic rings. The molecule has 0 saturated heterocycles. The fraction of sp³-hybridized carbons (Fsp3) is 0.667. The number of allylic oxidation sites excluding steroid dienone is 1. The average molecular weight is 130 g/mol. The van der Waals surface area contributed by atoms with Gasteiger partial charge in [-0.15, -0.1) is 0 Å². The van der Waals surface area contributed by atoms with E-state index in [9.17, 15) is 0 Å². The summed E-state index contributed by atoms with van der Waals surface area (Å²) in [5.41, 5.74) is 1.37. The molecule has 1 rings (SSSR count). The molecule has 1 atom stereocenters. The summed E-state index contributed by atoms with van der Waals surface area (Å²) in [6, 6.07) is 0. The zero-order chi connectivity index (χ0) is 6.85. The van der Waals surface area contributed by atoms with Gasteiger partial charge in [0.25, 0.3) is 0 Å². The SMILES string of the molecule is C=C(C)C1CC[C-](C)C1.[Li+]. The molecule has 0 aliphatic heterocycles. The van der Waals surface area contributed by atoms with Gasteiger partial charge < -0.3 is 5.92 Å². The van der Waals surface area contributed by atoms with E-state index in [0.29, 0.717) is 0 Å². The van der Waals surface area contributed by atoms with Crippen LogP contribution in [0.15, 0.2) is 12.2 Å². The van der Waals surface area contributed by atoms with Gasteiger partial charge in [-0.25, -0.2) is 0 Å². The van der Waals surface area contributed by atoms with Crippen molar-refractivity contribution in [3.8, 4) is 0 Å². The van der Waals surface area contributed by atoms with Crippen molar-refractivity contribution in [2.75, 3.05) is 0 Å². The van der Waals surface area contributed by atoms with Crippen LogP contribution in [-0.4, -0.2) is 0 Å². The van der Waals surface area contributed by atoms with Gasteiger partial charge >= 0.3 is 18.9 Å². The van der Waals surface area contributed by atoms with Crippen molar-refractivity contribution in [1.82, 2.24) is 0 Å². The maximum atomic E-state index is 3.96. The molecule has 1 aliphatic carbocycles. The van der Waals surface area contributed by atoms with E-state index in [-0.39, 0.29) is 18.9 Å². The summed E-state index contributed by atoms with van der Waals surface area (Å²) in [5.74, 6) is 2.47. The van der Waals surface area contributed by atoms with Crippen molar-refractivity contribution in [3.05, 3.63) is 18.1 Å². The van der Waals surface area contributed by atoms with E-state index >= 15 is 0 Å². The second-order valence-corrected chi connectivity index (χ2v) is 3.24. The van der Waals surface area contributed by atoms with Gasteiger partial charge in [-0.05, 0) is 6.92 Å². The summed E-state index contributed by atoms with van der Waals surface area (Å²) in [4.78, 5) is 0. The number of hydrogen-bond donors (Lipinski definition) is 0. The topological polar surface area (TPSA) is 0 Å². The monoisotopic (exact) mass is 130 g/mol. The normalized spacial score (nSPS) is 26.0. The molecule has 0 N–H and O–H groups in total. The van der Waals surface area contributed by atoms with Crippen molar-refractivity contribution in [2.24, 2.45) is 5.92 Å². The molecule has 1 fully saturated rings. The van der Waals surface area contributed by atoms with Crippen molar-refractivity contribution in [2.45, 2.75) is 33.1 Å². The van der Waals surface area contributed by atoms with Crippen molar-refractivity contribution < 1.29 is 18.9 Å². The van der Waals surface area contributed by atoms with Crippen LogP contribution in [0, 0.1) is 11.8 Å². The summed E-state index contributed by atoms with van der Waals surface area (Å²) in [6.45, 7) is 8.35. The van der Waals surface area contributed by atoms with Gasteiger partial charge in [0.05, 0.1) is 0 Å². The summed E-state index contributed by atoms with van der Waals surface area (Å²) < 4.78 is 0. The third kappa shape index (κ3) is 2.52. The maximum Gasteiger partial charge on any atom is 1.00 e. The van der Waals surface area contributed by atoms with Crippen LogP contribution in [-0.2, 0) is 0 Å². The van der Waals surface area contributed by atoms with Crippen LogP contribution in [0.1, 0.15) is 33.1 Å². The molecule has 10 heavy (non-hydrogen) atoms. The molecule has 0 aromatic carbocycles. The van der Waals surface area contributed by atoms with Gasteiger partial charge in [0.2, 0.25) is 0 Å². The summed E-state index contributed by atoms with van der Waals surface area (Å²) in [6.07, 6.45) is 3.98. The summed E-state index contributed by atoms with van der Waals surface area (Å²) in [5, 5.41) is 0. The molecular formula is C9H15Li. The molecule has 1 aliphatic rings. The first-order valence-corrected chi connectivity index (χ1v) is 3.67. The Morgan fingerprint density at radius 2 is 2.20 bits per heavy atom. The second kappa shape index (κ2) is 4.26.